The van der Waals surface area contributed by atoms with Gasteiger partial charge in [-0.25, -0.2) is 13.8 Å². The Morgan fingerprint density at radius 2 is 1.95 bits per heavy atom. The number of para-hydroxylation sites is 2. The van der Waals surface area contributed by atoms with Gasteiger partial charge in [0.15, 0.2) is 0 Å². The smallest absolute Gasteiger partial charge is 0.263 e. The van der Waals surface area contributed by atoms with Gasteiger partial charge in [0.2, 0.25) is 5.95 Å². The topological polar surface area (TPSA) is 46.9 Å². The van der Waals surface area contributed by atoms with Crippen molar-refractivity contribution in [2.24, 2.45) is 7.05 Å². The molecule has 1 heterocycles. The average Bonchev–Trinajstić information content (AvgIpc) is 2.84. The van der Waals surface area contributed by atoms with Crippen LogP contribution in [0.15, 0.2) is 48.5 Å². The minimum absolute atomic E-state index is 0.171. The number of benzene rings is 2. The van der Waals surface area contributed by atoms with Gasteiger partial charge in [-0.15, -0.1) is 0 Å². The molecule has 0 aliphatic carbocycles. The van der Waals surface area contributed by atoms with E-state index < -0.39 is 12.3 Å². The molecule has 3 aromatic rings. The van der Waals surface area contributed by atoms with Gasteiger partial charge >= 0.3 is 0 Å². The number of carbonyl (C=O) groups excluding carboxylic acids is 1. The number of hydrogen-bond donors (Lipinski definition) is 1. The van der Waals surface area contributed by atoms with Crippen LogP contribution < -0.4 is 5.32 Å². The number of imidazole rings is 1. The van der Waals surface area contributed by atoms with Crippen molar-refractivity contribution >= 4 is 22.9 Å². The number of alkyl halides is 2. The summed E-state index contributed by atoms with van der Waals surface area (Å²) in [5, 5.41) is 2.65. The SMILES string of the molecule is Cn1c(NC(=O)c2cccc(C(F)F)c2)nc2ccccc21. The number of aromatic nitrogens is 2. The van der Waals surface area contributed by atoms with E-state index in [9.17, 15) is 13.6 Å². The summed E-state index contributed by atoms with van der Waals surface area (Å²) in [5.74, 6) is -0.102. The number of amides is 1. The number of carbonyl (C=O) groups is 1. The fourth-order valence-electron chi connectivity index (χ4n) is 2.25. The van der Waals surface area contributed by atoms with Gasteiger partial charge in [0, 0.05) is 18.2 Å². The van der Waals surface area contributed by atoms with Crippen LogP contribution in [0.3, 0.4) is 0 Å². The lowest BCUT2D eigenvalue weighted by atomic mass is 10.1. The summed E-state index contributed by atoms with van der Waals surface area (Å²) in [4.78, 5) is 16.5. The standard InChI is InChI=1S/C16H13F2N3O/c1-21-13-8-3-2-7-12(13)19-16(21)20-15(22)11-6-4-5-10(9-11)14(17)18/h2-9,14H,1H3,(H,19,20,22). The molecule has 0 aliphatic rings. The minimum Gasteiger partial charge on any atom is -0.313 e. The largest absolute Gasteiger partial charge is 0.313 e. The molecule has 1 amide bonds. The molecule has 0 unspecified atom stereocenters. The third-order valence-electron chi connectivity index (χ3n) is 3.41. The molecule has 2 aromatic carbocycles. The number of anilines is 1. The van der Waals surface area contributed by atoms with Gasteiger partial charge in [-0.3, -0.25) is 10.1 Å². The van der Waals surface area contributed by atoms with E-state index in [4.69, 9.17) is 0 Å². The van der Waals surface area contributed by atoms with Crippen molar-refractivity contribution in [2.45, 2.75) is 6.43 Å². The number of halogens is 2. The minimum atomic E-state index is -2.61. The first kappa shape index (κ1) is 14.2. The third-order valence-corrected chi connectivity index (χ3v) is 3.41. The van der Waals surface area contributed by atoms with Gasteiger partial charge in [-0.2, -0.15) is 0 Å². The number of fused-ring (bicyclic) bond motifs is 1. The molecular weight excluding hydrogens is 288 g/mol. The second kappa shape index (κ2) is 5.55. The molecule has 0 spiro atoms. The van der Waals surface area contributed by atoms with Crippen LogP contribution >= 0.6 is 0 Å². The van der Waals surface area contributed by atoms with Crippen LogP contribution in [0.25, 0.3) is 11.0 Å². The van der Waals surface area contributed by atoms with Gasteiger partial charge in [-0.1, -0.05) is 24.3 Å². The van der Waals surface area contributed by atoms with E-state index in [1.165, 1.54) is 24.3 Å². The number of nitrogens with one attached hydrogen (secondary N) is 1. The number of aryl methyl sites for hydroxylation is 1. The van der Waals surface area contributed by atoms with E-state index in [-0.39, 0.29) is 11.1 Å². The van der Waals surface area contributed by atoms with E-state index in [2.05, 4.69) is 10.3 Å². The highest BCUT2D eigenvalue weighted by Crippen LogP contribution is 2.21. The van der Waals surface area contributed by atoms with Crippen LogP contribution in [0.4, 0.5) is 14.7 Å². The first-order valence-electron chi connectivity index (χ1n) is 6.67. The molecule has 0 saturated heterocycles. The van der Waals surface area contributed by atoms with Crippen molar-refractivity contribution in [2.75, 3.05) is 5.32 Å². The maximum atomic E-state index is 12.7. The van der Waals surface area contributed by atoms with Gasteiger partial charge in [0.05, 0.1) is 11.0 Å². The lowest BCUT2D eigenvalue weighted by Gasteiger charge is -2.06. The molecular formula is C16H13F2N3O. The van der Waals surface area contributed by atoms with E-state index in [0.717, 1.165) is 11.0 Å². The lowest BCUT2D eigenvalue weighted by molar-refractivity contribution is 0.102. The van der Waals surface area contributed by atoms with Crippen molar-refractivity contribution in [3.63, 3.8) is 0 Å². The van der Waals surface area contributed by atoms with Crippen molar-refractivity contribution < 1.29 is 13.6 Å². The molecule has 6 heteroatoms. The summed E-state index contributed by atoms with van der Waals surface area (Å²) in [7, 11) is 1.78. The Kier molecular flexibility index (Phi) is 3.58. The van der Waals surface area contributed by atoms with E-state index in [1.807, 2.05) is 24.3 Å². The first-order chi connectivity index (χ1) is 10.6. The van der Waals surface area contributed by atoms with Crippen LogP contribution in [0.1, 0.15) is 22.3 Å². The van der Waals surface area contributed by atoms with Gasteiger partial charge in [-0.05, 0) is 24.3 Å². The highest BCUT2D eigenvalue weighted by Gasteiger charge is 2.14. The quantitative estimate of drug-likeness (QED) is 0.800. The van der Waals surface area contributed by atoms with Crippen molar-refractivity contribution in [1.82, 2.24) is 9.55 Å². The second-order valence-corrected chi connectivity index (χ2v) is 4.86. The first-order valence-corrected chi connectivity index (χ1v) is 6.67. The molecule has 0 bridgehead atoms. The van der Waals surface area contributed by atoms with Crippen LogP contribution in [-0.4, -0.2) is 15.5 Å². The number of nitrogens with zero attached hydrogens (tertiary/aromatic N) is 2. The number of hydrogen-bond acceptors (Lipinski definition) is 2. The maximum absolute atomic E-state index is 12.7. The maximum Gasteiger partial charge on any atom is 0.263 e. The zero-order chi connectivity index (χ0) is 15.7. The summed E-state index contributed by atoms with van der Waals surface area (Å²) < 4.78 is 27.1. The number of rotatable bonds is 3. The second-order valence-electron chi connectivity index (χ2n) is 4.86. The Bertz CT molecular complexity index is 842. The Labute approximate surface area is 125 Å². The molecule has 1 N–H and O–H groups in total. The molecule has 0 fully saturated rings. The van der Waals surface area contributed by atoms with E-state index in [1.54, 1.807) is 11.6 Å². The van der Waals surface area contributed by atoms with Crippen molar-refractivity contribution in [3.8, 4) is 0 Å². The van der Waals surface area contributed by atoms with Crippen LogP contribution in [0.5, 0.6) is 0 Å². The Morgan fingerprint density at radius 3 is 2.68 bits per heavy atom. The summed E-state index contributed by atoms with van der Waals surface area (Å²) >= 11 is 0. The molecule has 112 valence electrons. The van der Waals surface area contributed by atoms with Crippen LogP contribution in [0.2, 0.25) is 0 Å². The van der Waals surface area contributed by atoms with E-state index >= 15 is 0 Å². The van der Waals surface area contributed by atoms with Crippen LogP contribution in [-0.2, 0) is 7.05 Å². The van der Waals surface area contributed by atoms with Crippen molar-refractivity contribution in [3.05, 3.63) is 59.7 Å². The fourth-order valence-corrected chi connectivity index (χ4v) is 2.25. The third kappa shape index (κ3) is 2.55. The fraction of sp³-hybridized carbons (Fsp3) is 0.125. The average molecular weight is 301 g/mol. The molecule has 0 saturated carbocycles. The monoisotopic (exact) mass is 301 g/mol. The normalized spacial score (nSPS) is 11.1. The Hall–Kier alpha value is -2.76. The predicted molar refractivity (Wildman–Crippen MR) is 80.1 cm³/mol. The summed E-state index contributed by atoms with van der Waals surface area (Å²) in [5.41, 5.74) is 1.61. The highest BCUT2D eigenvalue weighted by atomic mass is 19.3. The Balaban J connectivity index is 1.90. The summed E-state index contributed by atoms with van der Waals surface area (Å²) in [6.07, 6.45) is -2.61. The van der Waals surface area contributed by atoms with Gasteiger partial charge in [0.25, 0.3) is 12.3 Å². The summed E-state index contributed by atoms with van der Waals surface area (Å²) in [6, 6.07) is 12.8. The van der Waals surface area contributed by atoms with Crippen molar-refractivity contribution in [1.29, 1.82) is 0 Å². The molecule has 3 rings (SSSR count). The highest BCUT2D eigenvalue weighted by molar-refractivity contribution is 6.04. The molecule has 1 aromatic heterocycles. The molecule has 0 radical (unpaired) electrons. The predicted octanol–water partition coefficient (Wildman–Crippen LogP) is 3.76. The molecule has 0 aliphatic heterocycles. The molecule has 22 heavy (non-hydrogen) atoms. The zero-order valence-electron chi connectivity index (χ0n) is 11.8. The van der Waals surface area contributed by atoms with E-state index in [0.29, 0.717) is 5.95 Å². The van der Waals surface area contributed by atoms with Gasteiger partial charge < -0.3 is 4.57 Å². The zero-order valence-corrected chi connectivity index (χ0v) is 11.8. The Morgan fingerprint density at radius 1 is 1.18 bits per heavy atom. The summed E-state index contributed by atoms with van der Waals surface area (Å²) in [6.45, 7) is 0. The van der Waals surface area contributed by atoms with Crippen LogP contribution in [0, 0.1) is 0 Å². The molecule has 4 nitrogen and oxygen atoms in total. The molecule has 0 atom stereocenters. The van der Waals surface area contributed by atoms with Gasteiger partial charge in [0.1, 0.15) is 0 Å². The lowest BCUT2D eigenvalue weighted by Crippen LogP contribution is -2.15.